The quantitative estimate of drug-likeness (QED) is 0.814. The number of hydrogen-bond acceptors (Lipinski definition) is 2. The van der Waals surface area contributed by atoms with E-state index in [0.717, 1.165) is 25.7 Å². The molecule has 0 saturated heterocycles. The number of alkyl halides is 3. The van der Waals surface area contributed by atoms with E-state index in [1.54, 1.807) is 0 Å². The van der Waals surface area contributed by atoms with E-state index in [1.807, 2.05) is 0 Å². The van der Waals surface area contributed by atoms with E-state index in [4.69, 9.17) is 5.73 Å². The Kier molecular flexibility index (Phi) is 4.90. The normalized spacial score (nSPS) is 41.4. The zero-order chi connectivity index (χ0) is 16.6. The van der Waals surface area contributed by atoms with E-state index in [2.05, 4.69) is 5.32 Å². The van der Waals surface area contributed by atoms with E-state index in [-0.39, 0.29) is 36.8 Å². The van der Waals surface area contributed by atoms with E-state index in [0.29, 0.717) is 24.7 Å². The average molecular weight is 332 g/mol. The minimum atomic E-state index is -4.14. The van der Waals surface area contributed by atoms with Gasteiger partial charge in [-0.1, -0.05) is 12.8 Å². The highest BCUT2D eigenvalue weighted by atomic mass is 19.4. The Morgan fingerprint density at radius 1 is 0.957 bits per heavy atom. The first-order chi connectivity index (χ1) is 10.8. The van der Waals surface area contributed by atoms with Gasteiger partial charge in [0.15, 0.2) is 0 Å². The Balaban J connectivity index is 1.55. The summed E-state index contributed by atoms with van der Waals surface area (Å²) >= 11 is 0. The average Bonchev–Trinajstić information content (AvgIpc) is 2.46. The van der Waals surface area contributed by atoms with Crippen LogP contribution in [0.25, 0.3) is 0 Å². The van der Waals surface area contributed by atoms with Gasteiger partial charge in [0.05, 0.1) is 5.92 Å². The zero-order valence-electron chi connectivity index (χ0n) is 13.4. The van der Waals surface area contributed by atoms with Crippen molar-refractivity contribution in [1.82, 2.24) is 5.32 Å². The molecule has 4 atom stereocenters. The molecule has 3 N–H and O–H groups in total. The highest BCUT2D eigenvalue weighted by Crippen LogP contribution is 2.42. The van der Waals surface area contributed by atoms with Crippen molar-refractivity contribution in [3.8, 4) is 0 Å². The number of hydrogen-bond donors (Lipinski definition) is 2. The van der Waals surface area contributed by atoms with Crippen LogP contribution in [0.5, 0.6) is 0 Å². The molecule has 3 aliphatic rings. The van der Waals surface area contributed by atoms with Crippen molar-refractivity contribution < 1.29 is 18.0 Å². The molecule has 0 heterocycles. The van der Waals surface area contributed by atoms with Gasteiger partial charge in [-0.3, -0.25) is 4.79 Å². The van der Waals surface area contributed by atoms with Gasteiger partial charge in [0.25, 0.3) is 0 Å². The maximum Gasteiger partial charge on any atom is 0.391 e. The highest BCUT2D eigenvalue weighted by molar-refractivity contribution is 5.79. The standard InChI is InChI=1S/C17H27F3N2O/c18-17(19,20)13-5-2-6-14(9-13)22-16(23)12-7-10-3-1-4-11(8-12)15(10)21/h10-15H,1-9,21H2,(H,22,23). The van der Waals surface area contributed by atoms with Crippen LogP contribution in [0.1, 0.15) is 57.8 Å². The summed E-state index contributed by atoms with van der Waals surface area (Å²) in [5.41, 5.74) is 6.24. The van der Waals surface area contributed by atoms with Crippen LogP contribution in [-0.4, -0.2) is 24.2 Å². The van der Waals surface area contributed by atoms with Gasteiger partial charge in [-0.2, -0.15) is 13.2 Å². The number of nitrogens with two attached hydrogens (primary N) is 1. The van der Waals surface area contributed by atoms with Crippen molar-refractivity contribution in [3.63, 3.8) is 0 Å². The molecule has 0 aliphatic heterocycles. The van der Waals surface area contributed by atoms with Crippen LogP contribution in [0.2, 0.25) is 0 Å². The van der Waals surface area contributed by atoms with Crippen LogP contribution >= 0.6 is 0 Å². The number of rotatable bonds is 2. The number of carbonyl (C=O) groups excluding carboxylic acids is 1. The maximum absolute atomic E-state index is 12.9. The number of carbonyl (C=O) groups is 1. The Hall–Kier alpha value is -0.780. The number of halogens is 3. The lowest BCUT2D eigenvalue weighted by atomic mass is 9.65. The summed E-state index contributed by atoms with van der Waals surface area (Å²) in [6.45, 7) is 0. The van der Waals surface area contributed by atoms with Gasteiger partial charge in [0, 0.05) is 18.0 Å². The lowest BCUT2D eigenvalue weighted by molar-refractivity contribution is -0.184. The molecule has 0 spiro atoms. The van der Waals surface area contributed by atoms with Crippen molar-refractivity contribution in [2.24, 2.45) is 29.4 Å². The van der Waals surface area contributed by atoms with E-state index in [9.17, 15) is 18.0 Å². The van der Waals surface area contributed by atoms with Gasteiger partial charge in [0.1, 0.15) is 0 Å². The minimum absolute atomic E-state index is 0.0360. The van der Waals surface area contributed by atoms with Crippen molar-refractivity contribution in [1.29, 1.82) is 0 Å². The van der Waals surface area contributed by atoms with Crippen LogP contribution in [0.3, 0.4) is 0 Å². The molecule has 0 aromatic carbocycles. The fraction of sp³-hybridized carbons (Fsp3) is 0.941. The number of amides is 1. The van der Waals surface area contributed by atoms with Crippen molar-refractivity contribution in [3.05, 3.63) is 0 Å². The second-order valence-corrected chi connectivity index (χ2v) is 7.81. The summed E-state index contributed by atoms with van der Waals surface area (Å²) < 4.78 is 38.6. The summed E-state index contributed by atoms with van der Waals surface area (Å²) in [5.74, 6) is -0.543. The van der Waals surface area contributed by atoms with Gasteiger partial charge in [0.2, 0.25) is 5.91 Å². The van der Waals surface area contributed by atoms with Crippen LogP contribution in [0.4, 0.5) is 13.2 Å². The molecular formula is C17H27F3N2O. The molecule has 4 unspecified atom stereocenters. The van der Waals surface area contributed by atoms with Gasteiger partial charge in [-0.25, -0.2) is 0 Å². The molecule has 3 aliphatic carbocycles. The fourth-order valence-electron chi connectivity index (χ4n) is 4.94. The fourth-order valence-corrected chi connectivity index (χ4v) is 4.94. The van der Waals surface area contributed by atoms with Crippen LogP contribution in [0, 0.1) is 23.7 Å². The Bertz CT molecular complexity index is 426. The Morgan fingerprint density at radius 2 is 1.57 bits per heavy atom. The SMILES string of the molecule is NC1C2CCCC1CC(C(=O)NC1CCCC(C(F)(F)F)C1)C2. The number of nitrogens with one attached hydrogen (secondary N) is 1. The molecule has 1 amide bonds. The molecule has 2 bridgehead atoms. The first-order valence-electron chi connectivity index (χ1n) is 8.97. The molecular weight excluding hydrogens is 305 g/mol. The lowest BCUT2D eigenvalue weighted by Gasteiger charge is -2.44. The Labute approximate surface area is 135 Å². The summed E-state index contributed by atoms with van der Waals surface area (Å²) in [5, 5.41) is 2.92. The molecule has 3 nitrogen and oxygen atoms in total. The van der Waals surface area contributed by atoms with E-state index in [1.165, 1.54) is 6.42 Å². The smallest absolute Gasteiger partial charge is 0.353 e. The summed E-state index contributed by atoms with van der Waals surface area (Å²) in [4.78, 5) is 12.5. The van der Waals surface area contributed by atoms with E-state index >= 15 is 0 Å². The largest absolute Gasteiger partial charge is 0.391 e. The van der Waals surface area contributed by atoms with Crippen molar-refractivity contribution >= 4 is 5.91 Å². The maximum atomic E-state index is 12.9. The molecule has 3 saturated carbocycles. The van der Waals surface area contributed by atoms with Crippen LogP contribution in [0.15, 0.2) is 0 Å². The predicted molar refractivity (Wildman–Crippen MR) is 81.5 cm³/mol. The highest BCUT2D eigenvalue weighted by Gasteiger charge is 2.44. The summed E-state index contributed by atoms with van der Waals surface area (Å²) in [7, 11) is 0. The van der Waals surface area contributed by atoms with Gasteiger partial charge < -0.3 is 11.1 Å². The molecule has 23 heavy (non-hydrogen) atoms. The van der Waals surface area contributed by atoms with Crippen molar-refractivity contribution in [2.75, 3.05) is 0 Å². The summed E-state index contributed by atoms with van der Waals surface area (Å²) in [6.07, 6.45) is 2.26. The molecule has 0 radical (unpaired) electrons. The third kappa shape index (κ3) is 3.83. The van der Waals surface area contributed by atoms with E-state index < -0.39 is 12.1 Å². The molecule has 132 valence electrons. The second-order valence-electron chi connectivity index (χ2n) is 7.81. The number of fused-ring (bicyclic) bond motifs is 2. The van der Waals surface area contributed by atoms with Gasteiger partial charge in [-0.15, -0.1) is 0 Å². The molecule has 0 aromatic rings. The van der Waals surface area contributed by atoms with Crippen LogP contribution < -0.4 is 11.1 Å². The third-order valence-electron chi connectivity index (χ3n) is 6.27. The molecule has 3 rings (SSSR count). The zero-order valence-corrected chi connectivity index (χ0v) is 13.4. The molecule has 0 aromatic heterocycles. The predicted octanol–water partition coefficient (Wildman–Crippen LogP) is 3.38. The lowest BCUT2D eigenvalue weighted by Crippen LogP contribution is -2.51. The minimum Gasteiger partial charge on any atom is -0.353 e. The topological polar surface area (TPSA) is 55.1 Å². The first kappa shape index (κ1) is 17.1. The van der Waals surface area contributed by atoms with Crippen molar-refractivity contribution in [2.45, 2.75) is 76.0 Å². The molecule has 6 heteroatoms. The van der Waals surface area contributed by atoms with Gasteiger partial charge >= 0.3 is 6.18 Å². The third-order valence-corrected chi connectivity index (χ3v) is 6.27. The first-order valence-corrected chi connectivity index (χ1v) is 8.97. The Morgan fingerprint density at radius 3 is 2.17 bits per heavy atom. The van der Waals surface area contributed by atoms with Crippen LogP contribution in [-0.2, 0) is 4.79 Å². The summed E-state index contributed by atoms with van der Waals surface area (Å²) in [6, 6.07) is -0.115. The molecule has 3 fully saturated rings. The second kappa shape index (κ2) is 6.61. The van der Waals surface area contributed by atoms with Gasteiger partial charge in [-0.05, 0) is 56.8 Å². The monoisotopic (exact) mass is 332 g/mol.